The van der Waals surface area contributed by atoms with E-state index in [4.69, 9.17) is 4.74 Å². The van der Waals surface area contributed by atoms with E-state index in [0.29, 0.717) is 18.2 Å². The minimum absolute atomic E-state index is 0.0940. The van der Waals surface area contributed by atoms with Crippen LogP contribution in [0, 0.1) is 6.92 Å². The molecule has 1 saturated heterocycles. The Morgan fingerprint density at radius 2 is 2.03 bits per heavy atom. The molecule has 0 bridgehead atoms. The molecule has 4 aromatic rings. The zero-order valence-electron chi connectivity index (χ0n) is 20.0. The largest absolute Gasteiger partial charge is 0.379 e. The van der Waals surface area contributed by atoms with Gasteiger partial charge in [0.2, 0.25) is 5.95 Å². The third kappa shape index (κ3) is 5.50. The predicted octanol–water partition coefficient (Wildman–Crippen LogP) is 2.86. The molecule has 5 rings (SSSR count). The number of ether oxygens (including phenoxy) is 1. The van der Waals surface area contributed by atoms with Crippen molar-refractivity contribution in [3.05, 3.63) is 54.2 Å². The first-order chi connectivity index (χ1) is 17.0. The number of benzene rings is 1. The van der Waals surface area contributed by atoms with Gasteiger partial charge >= 0.3 is 0 Å². The molecule has 1 aliphatic heterocycles. The van der Waals surface area contributed by atoms with Crippen molar-refractivity contribution in [3.8, 4) is 11.4 Å². The number of carbonyl (C=O) groups is 1. The smallest absolute Gasteiger partial charge is 0.267 e. The zero-order valence-corrected chi connectivity index (χ0v) is 20.0. The molecule has 0 radical (unpaired) electrons. The van der Waals surface area contributed by atoms with Gasteiger partial charge in [0.25, 0.3) is 5.91 Å². The van der Waals surface area contributed by atoms with Crippen molar-refractivity contribution in [3.63, 3.8) is 0 Å². The highest BCUT2D eigenvalue weighted by Gasteiger charge is 2.13. The lowest BCUT2D eigenvalue weighted by atomic mass is 10.1. The topological polar surface area (TPSA) is 113 Å². The first kappa shape index (κ1) is 23.0. The molecule has 1 aromatic carbocycles. The summed E-state index contributed by atoms with van der Waals surface area (Å²) in [5.41, 5.74) is 4.91. The monoisotopic (exact) mass is 474 g/mol. The second kappa shape index (κ2) is 10.2. The van der Waals surface area contributed by atoms with Gasteiger partial charge in [0, 0.05) is 55.7 Å². The van der Waals surface area contributed by atoms with Crippen molar-refractivity contribution in [2.75, 3.05) is 44.7 Å². The van der Waals surface area contributed by atoms with Crippen molar-refractivity contribution < 1.29 is 9.53 Å². The summed E-state index contributed by atoms with van der Waals surface area (Å²) in [5.74, 6) is 0.393. The number of aromatic nitrogens is 5. The van der Waals surface area contributed by atoms with Crippen molar-refractivity contribution in [2.45, 2.75) is 13.3 Å². The van der Waals surface area contributed by atoms with Gasteiger partial charge in [0.15, 0.2) is 0 Å². The third-order valence-electron chi connectivity index (χ3n) is 6.09. The van der Waals surface area contributed by atoms with Crippen LogP contribution in [0.5, 0.6) is 0 Å². The van der Waals surface area contributed by atoms with Gasteiger partial charge in [-0.25, -0.2) is 15.0 Å². The van der Waals surface area contributed by atoms with Crippen LogP contribution in [0.25, 0.3) is 22.3 Å². The summed E-state index contributed by atoms with van der Waals surface area (Å²) in [7, 11) is 1.92. The summed E-state index contributed by atoms with van der Waals surface area (Å²) >= 11 is 0. The van der Waals surface area contributed by atoms with Crippen LogP contribution in [-0.4, -0.2) is 74.7 Å². The van der Waals surface area contributed by atoms with Crippen LogP contribution in [0.2, 0.25) is 0 Å². The molecule has 4 heterocycles. The number of nitrogens with zero attached hydrogens (tertiary/aromatic N) is 5. The molecule has 0 unspecified atom stereocenters. The van der Waals surface area contributed by atoms with Gasteiger partial charge in [-0.1, -0.05) is 0 Å². The molecule has 35 heavy (non-hydrogen) atoms. The molecule has 10 nitrogen and oxygen atoms in total. The molecule has 3 aromatic heterocycles. The molecule has 0 aliphatic carbocycles. The number of nitrogens with one attached hydrogen (secondary N) is 3. The van der Waals surface area contributed by atoms with Gasteiger partial charge in [0.05, 0.1) is 25.2 Å². The number of imidazole rings is 1. The summed E-state index contributed by atoms with van der Waals surface area (Å²) < 4.78 is 7.26. The fourth-order valence-corrected chi connectivity index (χ4v) is 4.28. The van der Waals surface area contributed by atoms with Gasteiger partial charge in [-0.15, -0.1) is 0 Å². The number of carbonyl (C=O) groups excluding carboxylic acids is 1. The molecule has 10 heteroatoms. The van der Waals surface area contributed by atoms with Gasteiger partial charge in [-0.2, -0.15) is 0 Å². The molecular weight excluding hydrogens is 444 g/mol. The number of aryl methyl sites for hydroxylation is 2. The quantitative estimate of drug-likeness (QED) is 0.337. The average molecular weight is 475 g/mol. The number of fused-ring (bicyclic) bond motifs is 1. The van der Waals surface area contributed by atoms with Crippen LogP contribution in [0.15, 0.2) is 43.0 Å². The lowest BCUT2D eigenvalue weighted by Crippen LogP contribution is -2.38. The number of morpholine rings is 1. The van der Waals surface area contributed by atoms with E-state index in [1.54, 1.807) is 12.5 Å². The van der Waals surface area contributed by atoms with E-state index in [9.17, 15) is 4.79 Å². The van der Waals surface area contributed by atoms with Gasteiger partial charge in [-0.05, 0) is 49.7 Å². The number of amides is 1. The highest BCUT2D eigenvalue weighted by Crippen LogP contribution is 2.26. The van der Waals surface area contributed by atoms with Crippen LogP contribution < -0.4 is 10.6 Å². The summed E-state index contributed by atoms with van der Waals surface area (Å²) in [6.07, 6.45) is 6.28. The maximum atomic E-state index is 12.7. The average Bonchev–Trinajstić information content (AvgIpc) is 3.49. The Morgan fingerprint density at radius 3 is 2.83 bits per heavy atom. The molecule has 0 saturated carbocycles. The second-order valence-electron chi connectivity index (χ2n) is 8.82. The molecule has 1 fully saturated rings. The highest BCUT2D eigenvalue weighted by atomic mass is 16.5. The number of hydrogen-bond acceptors (Lipinski definition) is 7. The Morgan fingerprint density at radius 1 is 1.17 bits per heavy atom. The van der Waals surface area contributed by atoms with E-state index in [2.05, 4.69) is 35.5 Å². The Labute approximate surface area is 203 Å². The van der Waals surface area contributed by atoms with E-state index >= 15 is 0 Å². The summed E-state index contributed by atoms with van der Waals surface area (Å²) in [4.78, 5) is 31.6. The van der Waals surface area contributed by atoms with Crippen LogP contribution in [-0.2, 0) is 11.8 Å². The van der Waals surface area contributed by atoms with Crippen LogP contribution in [0.1, 0.15) is 22.5 Å². The van der Waals surface area contributed by atoms with Crippen LogP contribution >= 0.6 is 0 Å². The van der Waals surface area contributed by atoms with E-state index in [1.807, 2.05) is 49.0 Å². The first-order valence-electron chi connectivity index (χ1n) is 11.9. The second-order valence-corrected chi connectivity index (χ2v) is 8.82. The molecule has 182 valence electrons. The Hall–Kier alpha value is -3.76. The standard InChI is InChI=1S/C25H30N8O2/c1-17-12-19(29-25-27-6-4-20(31-25)22-15-32(2)16-28-22)13-18-14-21(30-23(17)18)24(34)26-5-3-7-33-8-10-35-11-9-33/h4,6,12-16,30H,3,5,7-11H2,1-2H3,(H,26,34)(H,27,29,31). The summed E-state index contributed by atoms with van der Waals surface area (Å²) in [6, 6.07) is 7.72. The number of rotatable bonds is 8. The van der Waals surface area contributed by atoms with Crippen LogP contribution in [0.4, 0.5) is 11.6 Å². The van der Waals surface area contributed by atoms with Gasteiger partial charge in [-0.3, -0.25) is 9.69 Å². The third-order valence-corrected chi connectivity index (χ3v) is 6.09. The minimum atomic E-state index is -0.0940. The van der Waals surface area contributed by atoms with Crippen LogP contribution in [0.3, 0.4) is 0 Å². The number of hydrogen-bond donors (Lipinski definition) is 3. The molecule has 1 amide bonds. The fraction of sp³-hybridized carbons (Fsp3) is 0.360. The predicted molar refractivity (Wildman–Crippen MR) is 135 cm³/mol. The van der Waals surface area contributed by atoms with E-state index in [-0.39, 0.29) is 5.91 Å². The summed E-state index contributed by atoms with van der Waals surface area (Å²) in [5, 5.41) is 7.26. The highest BCUT2D eigenvalue weighted by molar-refractivity contribution is 5.99. The fourth-order valence-electron chi connectivity index (χ4n) is 4.28. The van der Waals surface area contributed by atoms with Gasteiger partial charge in [0.1, 0.15) is 11.4 Å². The SMILES string of the molecule is Cc1cc(Nc2nccc(-c3cn(C)cn3)n2)cc2cc(C(=O)NCCCN3CCOCC3)[nH]c12. The molecular formula is C25H30N8O2. The number of H-pyrrole nitrogens is 1. The molecule has 0 spiro atoms. The summed E-state index contributed by atoms with van der Waals surface area (Å²) in [6.45, 7) is 7.13. The Balaban J connectivity index is 1.24. The van der Waals surface area contributed by atoms with Crippen molar-refractivity contribution in [1.82, 2.24) is 34.7 Å². The zero-order chi connectivity index (χ0) is 24.2. The number of aromatic amines is 1. The maximum Gasteiger partial charge on any atom is 0.267 e. The number of anilines is 2. The van der Waals surface area contributed by atoms with E-state index < -0.39 is 0 Å². The molecule has 3 N–H and O–H groups in total. The Bertz CT molecular complexity index is 1320. The van der Waals surface area contributed by atoms with Crippen molar-refractivity contribution >= 4 is 28.4 Å². The van der Waals surface area contributed by atoms with E-state index in [1.165, 1.54) is 0 Å². The minimum Gasteiger partial charge on any atom is -0.379 e. The van der Waals surface area contributed by atoms with Gasteiger partial charge < -0.3 is 24.9 Å². The van der Waals surface area contributed by atoms with Crippen molar-refractivity contribution in [1.29, 1.82) is 0 Å². The maximum absolute atomic E-state index is 12.7. The van der Waals surface area contributed by atoms with Crippen molar-refractivity contribution in [2.24, 2.45) is 7.05 Å². The normalized spacial score (nSPS) is 14.3. The molecule has 1 aliphatic rings. The Kier molecular flexibility index (Phi) is 6.73. The van der Waals surface area contributed by atoms with E-state index in [0.717, 1.165) is 72.8 Å². The first-order valence-corrected chi connectivity index (χ1v) is 11.9. The lowest BCUT2D eigenvalue weighted by Gasteiger charge is -2.26. The lowest BCUT2D eigenvalue weighted by molar-refractivity contribution is 0.0374. The molecule has 0 atom stereocenters.